The molecule has 1 atom stereocenters. The van der Waals surface area contributed by atoms with Crippen LogP contribution >= 0.6 is 12.4 Å². The van der Waals surface area contributed by atoms with Gasteiger partial charge in [-0.1, -0.05) is 0 Å². The van der Waals surface area contributed by atoms with Crippen LogP contribution in [0.5, 0.6) is 0 Å². The van der Waals surface area contributed by atoms with Crippen LogP contribution in [0.4, 0.5) is 0 Å². The second kappa shape index (κ2) is 2.30. The first-order valence-electron chi connectivity index (χ1n) is 6.07. The zero-order valence-electron chi connectivity index (χ0n) is 9.13. The number of methoxy groups -OCH3 is 1. The van der Waals surface area contributed by atoms with Crippen LogP contribution in [0.2, 0.25) is 0 Å². The molecule has 0 aromatic carbocycles. The Morgan fingerprint density at radius 3 is 2.19 bits per heavy atom. The summed E-state index contributed by atoms with van der Waals surface area (Å²) in [5.41, 5.74) is 6.68. The van der Waals surface area contributed by atoms with Crippen LogP contribution in [0, 0.1) is 46.8 Å². The molecule has 6 aliphatic rings. The highest BCUT2D eigenvalue weighted by Gasteiger charge is 3.04. The van der Waals surface area contributed by atoms with Gasteiger partial charge in [-0.05, 0) is 46.8 Å². The first-order valence-corrected chi connectivity index (χ1v) is 6.07. The monoisotopic (exact) mass is 241 g/mol. The molecule has 6 rings (SSSR count). The summed E-state index contributed by atoms with van der Waals surface area (Å²) in [7, 11) is 1.45. The van der Waals surface area contributed by atoms with Crippen LogP contribution in [0.3, 0.4) is 0 Å². The summed E-state index contributed by atoms with van der Waals surface area (Å²) in [6, 6.07) is 0.0925. The number of esters is 1. The van der Waals surface area contributed by atoms with Crippen molar-refractivity contribution in [1.29, 1.82) is 0 Å². The Balaban J connectivity index is 0.000000722. The fraction of sp³-hybridized carbons (Fsp3) is 0.917. The van der Waals surface area contributed by atoms with Crippen LogP contribution < -0.4 is 5.73 Å². The van der Waals surface area contributed by atoms with Gasteiger partial charge >= 0.3 is 5.97 Å². The minimum absolute atomic E-state index is 0. The lowest BCUT2D eigenvalue weighted by Crippen LogP contribution is -3.07. The largest absolute Gasteiger partial charge is 0.469 e. The Hall–Kier alpha value is -0.280. The van der Waals surface area contributed by atoms with Gasteiger partial charge in [0.1, 0.15) is 0 Å². The second-order valence-corrected chi connectivity index (χ2v) is 6.27. The van der Waals surface area contributed by atoms with Gasteiger partial charge in [0, 0.05) is 6.04 Å². The Bertz CT molecular complexity index is 359. The number of hydrogen-bond donors (Lipinski definition) is 1. The van der Waals surface area contributed by atoms with Crippen molar-refractivity contribution in [2.24, 2.45) is 52.6 Å². The Labute approximate surface area is 100 Å². The maximum Gasteiger partial charge on any atom is 0.307 e. The van der Waals surface area contributed by atoms with E-state index in [-0.39, 0.29) is 24.4 Å². The number of carbonyl (C=O) groups is 1. The molecule has 88 valence electrons. The van der Waals surface area contributed by atoms with E-state index in [1.54, 1.807) is 0 Å². The molecule has 0 heterocycles. The van der Waals surface area contributed by atoms with E-state index in [1.807, 2.05) is 0 Å². The van der Waals surface area contributed by atoms with Crippen LogP contribution in [-0.2, 0) is 9.53 Å². The maximum absolute atomic E-state index is 11.3. The van der Waals surface area contributed by atoms with E-state index in [4.69, 9.17) is 10.5 Å². The highest BCUT2D eigenvalue weighted by molar-refractivity contribution is 5.85. The summed E-state index contributed by atoms with van der Waals surface area (Å²) in [6.45, 7) is 0. The predicted octanol–water partition coefficient (Wildman–Crippen LogP) is 0.666. The normalized spacial score (nSPS) is 65.5. The van der Waals surface area contributed by atoms with Crippen molar-refractivity contribution in [3.05, 3.63) is 0 Å². The van der Waals surface area contributed by atoms with Crippen molar-refractivity contribution < 1.29 is 9.53 Å². The van der Waals surface area contributed by atoms with Crippen molar-refractivity contribution in [2.75, 3.05) is 7.11 Å². The van der Waals surface area contributed by atoms with E-state index < -0.39 is 0 Å². The smallest absolute Gasteiger partial charge is 0.307 e. The van der Waals surface area contributed by atoms with Gasteiger partial charge in [0.25, 0.3) is 0 Å². The lowest BCUT2D eigenvalue weighted by atomic mass is 8.96. The minimum Gasteiger partial charge on any atom is -0.469 e. The van der Waals surface area contributed by atoms with Crippen LogP contribution in [0.25, 0.3) is 0 Å². The molecule has 0 aromatic heterocycles. The number of ether oxygens (including phenoxy) is 1. The SMILES string of the molecule is COC(=O)CC(N)C12C3C4C5C3C1C5C42.Cl. The molecule has 1 unspecified atom stereocenters. The Kier molecular flexibility index (Phi) is 1.40. The lowest BCUT2D eigenvalue weighted by molar-refractivity contribution is -0.618. The first kappa shape index (κ1) is 9.72. The fourth-order valence-electron chi connectivity index (χ4n) is 6.70. The van der Waals surface area contributed by atoms with E-state index in [1.165, 1.54) is 7.11 Å². The molecule has 6 saturated carbocycles. The zero-order chi connectivity index (χ0) is 10.1. The van der Waals surface area contributed by atoms with Crippen molar-refractivity contribution in [3.8, 4) is 0 Å². The fourth-order valence-corrected chi connectivity index (χ4v) is 6.70. The molecule has 16 heavy (non-hydrogen) atoms. The summed E-state index contributed by atoms with van der Waals surface area (Å²) in [4.78, 5) is 11.3. The highest BCUT2D eigenvalue weighted by atomic mass is 35.5. The van der Waals surface area contributed by atoms with E-state index in [0.29, 0.717) is 11.8 Å². The molecular weight excluding hydrogens is 226 g/mol. The molecule has 0 aromatic rings. The number of nitrogens with two attached hydrogens (primary N) is 1. The third-order valence-corrected chi connectivity index (χ3v) is 6.81. The lowest BCUT2D eigenvalue weighted by Gasteiger charge is -3.08. The van der Waals surface area contributed by atoms with Gasteiger partial charge in [-0.2, -0.15) is 0 Å². The van der Waals surface area contributed by atoms with E-state index >= 15 is 0 Å². The van der Waals surface area contributed by atoms with Crippen molar-refractivity contribution in [1.82, 2.24) is 0 Å². The van der Waals surface area contributed by atoms with Gasteiger partial charge in [0.05, 0.1) is 13.5 Å². The standard InChI is InChI=1S/C12H15NO2.ClH/c1-15-4(14)2-3(13)12-9-6-5-7(9)11(12)8(5)10(6)12;/h3,5-11H,2,13H2,1H3;1H. The predicted molar refractivity (Wildman–Crippen MR) is 58.7 cm³/mol. The van der Waals surface area contributed by atoms with E-state index in [2.05, 4.69) is 0 Å². The Morgan fingerprint density at radius 1 is 1.25 bits per heavy atom. The van der Waals surface area contributed by atoms with Crippen molar-refractivity contribution in [2.45, 2.75) is 12.5 Å². The van der Waals surface area contributed by atoms with Gasteiger partial charge in [-0.3, -0.25) is 4.79 Å². The highest BCUT2D eigenvalue weighted by Crippen LogP contribution is 3.06. The summed E-state index contributed by atoms with van der Waals surface area (Å²) in [6.07, 6.45) is 0.441. The molecule has 0 saturated heterocycles. The molecule has 0 spiro atoms. The number of rotatable bonds is 3. The molecule has 2 N–H and O–H groups in total. The molecule has 6 fully saturated rings. The third kappa shape index (κ3) is 0.514. The average Bonchev–Trinajstić information content (AvgIpc) is 2.29. The van der Waals surface area contributed by atoms with E-state index in [9.17, 15) is 4.79 Å². The van der Waals surface area contributed by atoms with Crippen LogP contribution in [0.15, 0.2) is 0 Å². The molecule has 0 radical (unpaired) electrons. The molecule has 3 nitrogen and oxygen atoms in total. The van der Waals surface area contributed by atoms with Gasteiger partial charge in [-0.15, -0.1) is 12.4 Å². The van der Waals surface area contributed by atoms with Gasteiger partial charge in [-0.25, -0.2) is 0 Å². The van der Waals surface area contributed by atoms with E-state index in [0.717, 1.165) is 41.4 Å². The van der Waals surface area contributed by atoms with Gasteiger partial charge in [0.15, 0.2) is 0 Å². The second-order valence-electron chi connectivity index (χ2n) is 6.27. The van der Waals surface area contributed by atoms with Crippen molar-refractivity contribution >= 4 is 18.4 Å². The average molecular weight is 242 g/mol. The first-order chi connectivity index (χ1) is 7.24. The summed E-state index contributed by atoms with van der Waals surface area (Å²) in [5.74, 6) is 6.94. The molecule has 0 amide bonds. The number of halogens is 1. The quantitative estimate of drug-likeness (QED) is 0.739. The molecule has 6 aliphatic carbocycles. The summed E-state index contributed by atoms with van der Waals surface area (Å²) >= 11 is 0. The molecule has 0 bridgehead atoms. The van der Waals surface area contributed by atoms with Crippen molar-refractivity contribution in [3.63, 3.8) is 0 Å². The molecule has 4 heteroatoms. The Morgan fingerprint density at radius 2 is 1.75 bits per heavy atom. The topological polar surface area (TPSA) is 52.3 Å². The maximum atomic E-state index is 11.3. The summed E-state index contributed by atoms with van der Waals surface area (Å²) in [5, 5.41) is 0. The minimum atomic E-state index is -0.129. The third-order valence-electron chi connectivity index (χ3n) is 6.81. The molecule has 0 aliphatic heterocycles. The molecular formula is C12H16ClNO2. The van der Waals surface area contributed by atoms with Crippen LogP contribution in [0.1, 0.15) is 6.42 Å². The zero-order valence-corrected chi connectivity index (χ0v) is 9.94. The number of hydrogen-bond acceptors (Lipinski definition) is 3. The van der Waals surface area contributed by atoms with Crippen LogP contribution in [-0.4, -0.2) is 19.1 Å². The van der Waals surface area contributed by atoms with Gasteiger partial charge < -0.3 is 10.5 Å². The summed E-state index contributed by atoms with van der Waals surface area (Å²) < 4.78 is 4.72. The number of carbonyl (C=O) groups excluding carboxylic acids is 1. The van der Waals surface area contributed by atoms with Gasteiger partial charge in [0.2, 0.25) is 0 Å².